The summed E-state index contributed by atoms with van der Waals surface area (Å²) >= 11 is 0.908. The van der Waals surface area contributed by atoms with Gasteiger partial charge in [-0.15, -0.1) is 0 Å². The van der Waals surface area contributed by atoms with Crippen molar-refractivity contribution >= 4 is 51.2 Å². The van der Waals surface area contributed by atoms with Crippen molar-refractivity contribution in [2.45, 2.75) is 0 Å². The standard InChI is InChI=1S/C17H15N3O5S/c21-13-6-2-3-10-11(13)4-1-5-12(10)19-16(24)15(23)18-7-8-20-14(22)9-26-17(20)25/h1-6,21H,7-9H2,(H,18,23)(H,19,24). The van der Waals surface area contributed by atoms with Gasteiger partial charge in [0.05, 0.1) is 5.75 Å². The summed E-state index contributed by atoms with van der Waals surface area (Å²) in [6.45, 7) is 0.00639. The second kappa shape index (κ2) is 7.44. The van der Waals surface area contributed by atoms with Gasteiger partial charge in [0.1, 0.15) is 5.75 Å². The number of benzene rings is 2. The summed E-state index contributed by atoms with van der Waals surface area (Å²) in [7, 11) is 0. The van der Waals surface area contributed by atoms with Crippen LogP contribution in [0.5, 0.6) is 5.75 Å². The van der Waals surface area contributed by atoms with Crippen LogP contribution in [0.4, 0.5) is 10.5 Å². The third-order valence-electron chi connectivity index (χ3n) is 3.82. The van der Waals surface area contributed by atoms with Crippen molar-refractivity contribution in [3.05, 3.63) is 36.4 Å². The van der Waals surface area contributed by atoms with E-state index in [0.717, 1.165) is 16.7 Å². The van der Waals surface area contributed by atoms with E-state index < -0.39 is 11.8 Å². The van der Waals surface area contributed by atoms with Gasteiger partial charge in [-0.25, -0.2) is 0 Å². The molecule has 3 rings (SSSR count). The van der Waals surface area contributed by atoms with Gasteiger partial charge in [-0.05, 0) is 12.1 Å². The number of aromatic hydroxyl groups is 1. The Morgan fingerprint density at radius 2 is 1.81 bits per heavy atom. The second-order valence-corrected chi connectivity index (χ2v) is 6.41. The van der Waals surface area contributed by atoms with Crippen molar-refractivity contribution in [3.8, 4) is 5.75 Å². The van der Waals surface area contributed by atoms with Crippen molar-refractivity contribution in [3.63, 3.8) is 0 Å². The molecule has 2 aromatic rings. The topological polar surface area (TPSA) is 116 Å². The Kier molecular flexibility index (Phi) is 5.08. The van der Waals surface area contributed by atoms with Gasteiger partial charge in [-0.3, -0.25) is 24.1 Å². The lowest BCUT2D eigenvalue weighted by Gasteiger charge is -2.13. The summed E-state index contributed by atoms with van der Waals surface area (Å²) in [5, 5.41) is 15.5. The van der Waals surface area contributed by atoms with Crippen LogP contribution in [0.1, 0.15) is 0 Å². The number of phenolic OH excluding ortho intramolecular Hbond substituents is 1. The number of phenols is 1. The van der Waals surface area contributed by atoms with E-state index in [1.807, 2.05) is 0 Å². The number of carbonyl (C=O) groups is 4. The Morgan fingerprint density at radius 3 is 2.54 bits per heavy atom. The summed E-state index contributed by atoms with van der Waals surface area (Å²) in [6.07, 6.45) is 0. The van der Waals surface area contributed by atoms with Gasteiger partial charge in [0, 0.05) is 29.5 Å². The fourth-order valence-electron chi connectivity index (χ4n) is 2.54. The number of thioether (sulfide) groups is 1. The van der Waals surface area contributed by atoms with Crippen molar-refractivity contribution in [2.24, 2.45) is 0 Å². The molecule has 1 fully saturated rings. The van der Waals surface area contributed by atoms with Crippen molar-refractivity contribution < 1.29 is 24.3 Å². The molecule has 1 saturated heterocycles. The molecular formula is C17H15N3O5S. The molecule has 1 aliphatic rings. The number of rotatable bonds is 4. The van der Waals surface area contributed by atoms with E-state index in [0.29, 0.717) is 16.5 Å². The van der Waals surface area contributed by atoms with E-state index in [4.69, 9.17) is 0 Å². The molecule has 2 aromatic carbocycles. The lowest BCUT2D eigenvalue weighted by Crippen LogP contribution is -2.41. The van der Waals surface area contributed by atoms with Gasteiger partial charge in [-0.2, -0.15) is 0 Å². The fourth-order valence-corrected chi connectivity index (χ4v) is 3.29. The maximum Gasteiger partial charge on any atom is 0.313 e. The molecule has 1 heterocycles. The fraction of sp³-hybridized carbons (Fsp3) is 0.176. The molecule has 0 radical (unpaired) electrons. The van der Waals surface area contributed by atoms with Gasteiger partial charge in [0.15, 0.2) is 0 Å². The first-order valence-corrected chi connectivity index (χ1v) is 8.73. The molecular weight excluding hydrogens is 358 g/mol. The normalized spacial score (nSPS) is 13.9. The molecule has 0 aliphatic carbocycles. The average molecular weight is 373 g/mol. The zero-order valence-corrected chi connectivity index (χ0v) is 14.3. The molecule has 0 saturated carbocycles. The predicted octanol–water partition coefficient (Wildman–Crippen LogP) is 1.30. The van der Waals surface area contributed by atoms with E-state index in [1.165, 1.54) is 6.07 Å². The number of nitrogens with zero attached hydrogens (tertiary/aromatic N) is 1. The number of anilines is 1. The third-order valence-corrected chi connectivity index (χ3v) is 4.67. The lowest BCUT2D eigenvalue weighted by atomic mass is 10.1. The molecule has 26 heavy (non-hydrogen) atoms. The van der Waals surface area contributed by atoms with Gasteiger partial charge >= 0.3 is 11.8 Å². The molecule has 134 valence electrons. The maximum atomic E-state index is 12.1. The molecule has 1 aliphatic heterocycles. The van der Waals surface area contributed by atoms with Crippen LogP contribution in [-0.4, -0.2) is 51.8 Å². The largest absolute Gasteiger partial charge is 0.507 e. The summed E-state index contributed by atoms with van der Waals surface area (Å²) in [5.41, 5.74) is 0.389. The first kappa shape index (κ1) is 17.7. The van der Waals surface area contributed by atoms with Crippen LogP contribution in [-0.2, 0) is 14.4 Å². The summed E-state index contributed by atoms with van der Waals surface area (Å²) in [6, 6.07) is 9.84. The Labute approximate surface area is 152 Å². The number of amides is 4. The van der Waals surface area contributed by atoms with Gasteiger partial charge in [0.2, 0.25) is 5.91 Å². The molecule has 9 heteroatoms. The van der Waals surface area contributed by atoms with Crippen molar-refractivity contribution in [2.75, 3.05) is 24.2 Å². The summed E-state index contributed by atoms with van der Waals surface area (Å²) in [5.74, 6) is -1.90. The highest BCUT2D eigenvalue weighted by atomic mass is 32.2. The first-order valence-electron chi connectivity index (χ1n) is 7.74. The number of hydrogen-bond donors (Lipinski definition) is 3. The van der Waals surface area contributed by atoms with Crippen LogP contribution in [0.2, 0.25) is 0 Å². The van der Waals surface area contributed by atoms with Crippen molar-refractivity contribution in [1.82, 2.24) is 10.2 Å². The molecule has 3 N–H and O–H groups in total. The Bertz CT molecular complexity index is 898. The van der Waals surface area contributed by atoms with Crippen LogP contribution in [0.15, 0.2) is 36.4 Å². The molecule has 0 bridgehead atoms. The van der Waals surface area contributed by atoms with Gasteiger partial charge < -0.3 is 15.7 Å². The van der Waals surface area contributed by atoms with E-state index >= 15 is 0 Å². The average Bonchev–Trinajstić information content (AvgIpc) is 2.94. The molecule has 4 amide bonds. The van der Waals surface area contributed by atoms with E-state index in [2.05, 4.69) is 10.6 Å². The molecule has 8 nitrogen and oxygen atoms in total. The number of hydrogen-bond acceptors (Lipinski definition) is 6. The summed E-state index contributed by atoms with van der Waals surface area (Å²) in [4.78, 5) is 47.9. The smallest absolute Gasteiger partial charge is 0.313 e. The lowest BCUT2D eigenvalue weighted by molar-refractivity contribution is -0.136. The summed E-state index contributed by atoms with van der Waals surface area (Å²) < 4.78 is 0. The quantitative estimate of drug-likeness (QED) is 0.696. The maximum absolute atomic E-state index is 12.1. The molecule has 0 unspecified atom stereocenters. The van der Waals surface area contributed by atoms with E-state index in [1.54, 1.807) is 30.3 Å². The molecule has 0 aromatic heterocycles. The monoisotopic (exact) mass is 373 g/mol. The number of imide groups is 1. The van der Waals surface area contributed by atoms with Crippen LogP contribution in [0, 0.1) is 0 Å². The SMILES string of the molecule is O=C(NCCN1C(=O)CSC1=O)C(=O)Nc1cccc2c(O)cccc12. The van der Waals surface area contributed by atoms with Gasteiger partial charge in [-0.1, -0.05) is 36.0 Å². The van der Waals surface area contributed by atoms with Crippen LogP contribution < -0.4 is 10.6 Å². The van der Waals surface area contributed by atoms with E-state index in [-0.39, 0.29) is 35.7 Å². The first-order chi connectivity index (χ1) is 12.5. The highest BCUT2D eigenvalue weighted by Gasteiger charge is 2.29. The Morgan fingerprint density at radius 1 is 1.08 bits per heavy atom. The zero-order chi connectivity index (χ0) is 18.7. The van der Waals surface area contributed by atoms with E-state index in [9.17, 15) is 24.3 Å². The molecule has 0 atom stereocenters. The highest BCUT2D eigenvalue weighted by Crippen LogP contribution is 2.29. The number of fused-ring (bicyclic) bond motifs is 1. The number of carbonyl (C=O) groups excluding carboxylic acids is 4. The third kappa shape index (κ3) is 3.62. The van der Waals surface area contributed by atoms with Crippen LogP contribution in [0.25, 0.3) is 10.8 Å². The predicted molar refractivity (Wildman–Crippen MR) is 96.8 cm³/mol. The Hall–Kier alpha value is -3.07. The minimum absolute atomic E-state index is 0.0133. The van der Waals surface area contributed by atoms with Gasteiger partial charge in [0.25, 0.3) is 5.24 Å². The van der Waals surface area contributed by atoms with Crippen molar-refractivity contribution in [1.29, 1.82) is 0 Å². The molecule has 0 spiro atoms. The minimum atomic E-state index is -0.881. The Balaban J connectivity index is 1.60. The number of nitrogens with one attached hydrogen (secondary N) is 2. The van der Waals surface area contributed by atoms with Crippen LogP contribution in [0.3, 0.4) is 0 Å². The zero-order valence-electron chi connectivity index (χ0n) is 13.5. The van der Waals surface area contributed by atoms with Crippen LogP contribution >= 0.6 is 11.8 Å². The second-order valence-electron chi connectivity index (χ2n) is 5.49. The minimum Gasteiger partial charge on any atom is -0.507 e. The highest BCUT2D eigenvalue weighted by molar-refractivity contribution is 8.14.